The Morgan fingerprint density at radius 3 is 2.55 bits per heavy atom. The number of fused-ring (bicyclic) bond motifs is 1. The van der Waals surface area contributed by atoms with Crippen LogP contribution in [0.25, 0.3) is 0 Å². The van der Waals surface area contributed by atoms with Crippen LogP contribution in [0.4, 0.5) is 10.5 Å². The van der Waals surface area contributed by atoms with Crippen LogP contribution < -0.4 is 10.2 Å². The smallest absolute Gasteiger partial charge is 0.417 e. The van der Waals surface area contributed by atoms with Crippen LogP contribution >= 0.6 is 0 Å². The fourth-order valence-electron chi connectivity index (χ4n) is 5.02. The molecular formula is C22H29N3O4. The van der Waals surface area contributed by atoms with Gasteiger partial charge in [-0.3, -0.25) is 9.59 Å². The summed E-state index contributed by atoms with van der Waals surface area (Å²) in [6.07, 6.45) is 4.28. The van der Waals surface area contributed by atoms with E-state index in [1.165, 1.54) is 10.5 Å². The number of amides is 3. The molecule has 1 aliphatic carbocycles. The summed E-state index contributed by atoms with van der Waals surface area (Å²) in [4.78, 5) is 39.4. The molecule has 2 fully saturated rings. The zero-order valence-electron chi connectivity index (χ0n) is 17.1. The average Bonchev–Trinajstić information content (AvgIpc) is 3.06. The highest BCUT2D eigenvalue weighted by molar-refractivity contribution is 5.98. The maximum atomic E-state index is 12.5. The van der Waals surface area contributed by atoms with Crippen LogP contribution in [-0.4, -0.2) is 47.5 Å². The Morgan fingerprint density at radius 2 is 1.90 bits per heavy atom. The topological polar surface area (TPSA) is 79.0 Å². The number of benzene rings is 1. The van der Waals surface area contributed by atoms with Gasteiger partial charge in [0.25, 0.3) is 5.91 Å². The van der Waals surface area contributed by atoms with Crippen LogP contribution in [0.5, 0.6) is 0 Å². The van der Waals surface area contributed by atoms with Crippen LogP contribution in [0.2, 0.25) is 0 Å². The second-order valence-electron chi connectivity index (χ2n) is 8.30. The highest BCUT2D eigenvalue weighted by Gasteiger charge is 2.40. The Morgan fingerprint density at radius 1 is 1.17 bits per heavy atom. The molecular weight excluding hydrogens is 370 g/mol. The zero-order chi connectivity index (χ0) is 20.5. The monoisotopic (exact) mass is 399 g/mol. The van der Waals surface area contributed by atoms with Crippen LogP contribution in [0.15, 0.2) is 24.3 Å². The maximum Gasteiger partial charge on any atom is 0.417 e. The van der Waals surface area contributed by atoms with Crippen molar-refractivity contribution in [1.29, 1.82) is 0 Å². The predicted octanol–water partition coefficient (Wildman–Crippen LogP) is 3.14. The number of hydrogen-bond donors (Lipinski definition) is 1. The molecule has 0 spiro atoms. The number of imide groups is 1. The molecule has 2 heterocycles. The van der Waals surface area contributed by atoms with E-state index in [9.17, 15) is 14.4 Å². The summed E-state index contributed by atoms with van der Waals surface area (Å²) >= 11 is 0. The van der Waals surface area contributed by atoms with Crippen LogP contribution in [0, 0.1) is 0 Å². The van der Waals surface area contributed by atoms with Gasteiger partial charge in [0.2, 0.25) is 5.91 Å². The van der Waals surface area contributed by atoms with Crippen molar-refractivity contribution in [2.45, 2.75) is 76.5 Å². The number of carbonyl (C=O) groups excluding carboxylic acids is 3. The average molecular weight is 399 g/mol. The lowest BCUT2D eigenvalue weighted by atomic mass is 9.86. The Balaban J connectivity index is 1.43. The first-order chi connectivity index (χ1) is 14.0. The standard InChI is InChI=1S/C22H29N3O4/c1-3-20(26)24-14(2)12-18(17-6-4-5-7-19(17)24)23-15-8-10-16(11-9-15)25-21(27)13-29-22(25)28/h4-7,14-16,18,23H,3,8-13H2,1-2H3/t14-,15?,16?,18+/m0/s1. The number of anilines is 1. The number of ether oxygens (including phenoxy) is 1. The number of rotatable bonds is 4. The lowest BCUT2D eigenvalue weighted by Gasteiger charge is -2.42. The van der Waals surface area contributed by atoms with E-state index in [0.29, 0.717) is 12.5 Å². The molecule has 7 heteroatoms. The molecule has 1 N–H and O–H groups in total. The maximum absolute atomic E-state index is 12.5. The molecule has 7 nitrogen and oxygen atoms in total. The van der Waals surface area contributed by atoms with Crippen molar-refractivity contribution < 1.29 is 19.1 Å². The summed E-state index contributed by atoms with van der Waals surface area (Å²) in [5.74, 6) is -0.0619. The summed E-state index contributed by atoms with van der Waals surface area (Å²) < 4.78 is 4.86. The first-order valence-corrected chi connectivity index (χ1v) is 10.7. The van der Waals surface area contributed by atoms with Gasteiger partial charge in [0.05, 0.1) is 0 Å². The minimum atomic E-state index is -0.498. The van der Waals surface area contributed by atoms with Crippen molar-refractivity contribution in [2.75, 3.05) is 11.5 Å². The van der Waals surface area contributed by atoms with Gasteiger partial charge in [-0.05, 0) is 50.7 Å². The predicted molar refractivity (Wildman–Crippen MR) is 108 cm³/mol. The van der Waals surface area contributed by atoms with Crippen molar-refractivity contribution >= 4 is 23.6 Å². The summed E-state index contributed by atoms with van der Waals surface area (Å²) in [6, 6.07) is 8.78. The van der Waals surface area contributed by atoms with E-state index in [4.69, 9.17) is 4.74 Å². The molecule has 0 radical (unpaired) electrons. The van der Waals surface area contributed by atoms with Gasteiger partial charge in [0.15, 0.2) is 6.61 Å². The Kier molecular flexibility index (Phi) is 5.58. The number of carbonyl (C=O) groups is 3. The minimum Gasteiger partial charge on any atom is -0.439 e. The third-order valence-electron chi connectivity index (χ3n) is 6.44. The molecule has 1 aromatic rings. The molecule has 0 bridgehead atoms. The molecule has 2 atom stereocenters. The van der Waals surface area contributed by atoms with Crippen molar-refractivity contribution in [3.05, 3.63) is 29.8 Å². The van der Waals surface area contributed by atoms with Gasteiger partial charge in [0.1, 0.15) is 0 Å². The Hall–Kier alpha value is -2.41. The largest absolute Gasteiger partial charge is 0.439 e. The quantitative estimate of drug-likeness (QED) is 0.841. The fourth-order valence-corrected chi connectivity index (χ4v) is 5.02. The van der Waals surface area contributed by atoms with E-state index < -0.39 is 6.09 Å². The van der Waals surface area contributed by atoms with Crippen LogP contribution in [0.1, 0.15) is 64.0 Å². The van der Waals surface area contributed by atoms with Gasteiger partial charge >= 0.3 is 6.09 Å². The first-order valence-electron chi connectivity index (χ1n) is 10.7. The van der Waals surface area contributed by atoms with Gasteiger partial charge in [-0.15, -0.1) is 0 Å². The third kappa shape index (κ3) is 3.75. The molecule has 1 saturated carbocycles. The molecule has 2 aliphatic heterocycles. The van der Waals surface area contributed by atoms with Crippen molar-refractivity contribution in [2.24, 2.45) is 0 Å². The Labute approximate surface area is 171 Å². The molecule has 3 aliphatic rings. The molecule has 29 heavy (non-hydrogen) atoms. The summed E-state index contributed by atoms with van der Waals surface area (Å²) in [6.45, 7) is 3.89. The minimum absolute atomic E-state index is 0.0502. The van der Waals surface area contributed by atoms with E-state index in [1.807, 2.05) is 30.0 Å². The Bertz CT molecular complexity index is 787. The van der Waals surface area contributed by atoms with E-state index in [-0.39, 0.29) is 36.5 Å². The van der Waals surface area contributed by atoms with E-state index in [2.05, 4.69) is 18.3 Å². The number of cyclic esters (lactones) is 1. The number of nitrogens with zero attached hydrogens (tertiary/aromatic N) is 2. The first kappa shape index (κ1) is 19.9. The molecule has 4 rings (SSSR count). The number of hydrogen-bond acceptors (Lipinski definition) is 5. The zero-order valence-corrected chi connectivity index (χ0v) is 17.1. The van der Waals surface area contributed by atoms with E-state index in [0.717, 1.165) is 37.8 Å². The number of para-hydroxylation sites is 1. The lowest BCUT2D eigenvalue weighted by Crippen LogP contribution is -2.49. The van der Waals surface area contributed by atoms with Crippen molar-refractivity contribution in [1.82, 2.24) is 10.2 Å². The van der Waals surface area contributed by atoms with E-state index >= 15 is 0 Å². The van der Waals surface area contributed by atoms with Gasteiger partial charge in [-0.2, -0.15) is 0 Å². The SMILES string of the molecule is CCC(=O)N1c2ccccc2[C@H](NC2CCC(N3C(=O)COC3=O)CC2)C[C@@H]1C. The third-order valence-corrected chi connectivity index (χ3v) is 6.44. The fraction of sp³-hybridized carbons (Fsp3) is 0.591. The van der Waals surface area contributed by atoms with Gasteiger partial charge < -0.3 is 15.0 Å². The van der Waals surface area contributed by atoms with Gasteiger partial charge in [-0.1, -0.05) is 25.1 Å². The molecule has 156 valence electrons. The van der Waals surface area contributed by atoms with E-state index in [1.54, 1.807) is 0 Å². The highest BCUT2D eigenvalue weighted by atomic mass is 16.6. The van der Waals surface area contributed by atoms with Gasteiger partial charge in [-0.25, -0.2) is 9.69 Å². The molecule has 0 aromatic heterocycles. The molecule has 0 unspecified atom stereocenters. The second kappa shape index (κ2) is 8.14. The molecule has 1 saturated heterocycles. The highest BCUT2D eigenvalue weighted by Crippen LogP contribution is 2.38. The van der Waals surface area contributed by atoms with Crippen LogP contribution in [0.3, 0.4) is 0 Å². The van der Waals surface area contributed by atoms with Crippen molar-refractivity contribution in [3.63, 3.8) is 0 Å². The normalized spacial score (nSPS) is 29.6. The molecule has 1 aromatic carbocycles. The lowest BCUT2D eigenvalue weighted by molar-refractivity contribution is -0.127. The molecule has 3 amide bonds. The summed E-state index contributed by atoms with van der Waals surface area (Å²) in [5.41, 5.74) is 2.18. The summed E-state index contributed by atoms with van der Waals surface area (Å²) in [7, 11) is 0. The van der Waals surface area contributed by atoms with Crippen LogP contribution in [-0.2, 0) is 14.3 Å². The van der Waals surface area contributed by atoms with Crippen molar-refractivity contribution in [3.8, 4) is 0 Å². The number of nitrogens with one attached hydrogen (secondary N) is 1. The summed E-state index contributed by atoms with van der Waals surface area (Å²) in [5, 5.41) is 3.80. The second-order valence-corrected chi connectivity index (χ2v) is 8.30. The van der Waals surface area contributed by atoms with Gasteiger partial charge in [0, 0.05) is 36.3 Å².